The van der Waals surface area contributed by atoms with Gasteiger partial charge in [-0.25, -0.2) is 4.98 Å². The molecule has 0 aliphatic rings. The van der Waals surface area contributed by atoms with Gasteiger partial charge in [-0.05, 0) is 64.7 Å². The van der Waals surface area contributed by atoms with Gasteiger partial charge in [0.2, 0.25) is 0 Å². The van der Waals surface area contributed by atoms with Gasteiger partial charge in [0.05, 0.1) is 5.69 Å². The molecular formula is C17H14IN3OS. The van der Waals surface area contributed by atoms with Crippen LogP contribution in [0.5, 0.6) is 0 Å². The van der Waals surface area contributed by atoms with Crippen molar-refractivity contribution in [3.05, 3.63) is 70.1 Å². The summed E-state index contributed by atoms with van der Waals surface area (Å²) < 4.78 is 2.98. The van der Waals surface area contributed by atoms with E-state index in [9.17, 15) is 4.79 Å². The summed E-state index contributed by atoms with van der Waals surface area (Å²) in [6.07, 6.45) is 3.66. The number of carbonyl (C=O) groups excluding carboxylic acids is 1. The van der Waals surface area contributed by atoms with Gasteiger partial charge in [0, 0.05) is 33.5 Å². The molecule has 0 saturated carbocycles. The largest absolute Gasteiger partial charge is 0.329 e. The molecule has 0 radical (unpaired) electrons. The minimum atomic E-state index is -0.114. The lowest BCUT2D eigenvalue weighted by Crippen LogP contribution is -2.12. The Kier molecular flexibility index (Phi) is 5.02. The number of hydrogen-bond donors (Lipinski definition) is 1. The van der Waals surface area contributed by atoms with Crippen LogP contribution in [0.15, 0.2) is 71.0 Å². The van der Waals surface area contributed by atoms with Crippen molar-refractivity contribution in [2.24, 2.45) is 7.05 Å². The topological polar surface area (TPSA) is 46.9 Å². The van der Waals surface area contributed by atoms with Crippen LogP contribution in [0.3, 0.4) is 0 Å². The van der Waals surface area contributed by atoms with E-state index in [1.165, 1.54) is 11.8 Å². The van der Waals surface area contributed by atoms with Crippen molar-refractivity contribution in [3.8, 4) is 0 Å². The second kappa shape index (κ2) is 7.18. The zero-order valence-electron chi connectivity index (χ0n) is 12.4. The predicted octanol–water partition coefficient (Wildman–Crippen LogP) is 4.43. The Balaban J connectivity index is 1.83. The number of rotatable bonds is 4. The molecule has 0 unspecified atom stereocenters. The van der Waals surface area contributed by atoms with Crippen LogP contribution < -0.4 is 5.32 Å². The number of aryl methyl sites for hydroxylation is 1. The van der Waals surface area contributed by atoms with Crippen molar-refractivity contribution in [2.45, 2.75) is 10.1 Å². The summed E-state index contributed by atoms with van der Waals surface area (Å²) in [6.45, 7) is 0. The van der Waals surface area contributed by atoms with Crippen LogP contribution in [0.25, 0.3) is 0 Å². The molecule has 0 atom stereocenters. The molecule has 2 aromatic carbocycles. The Hall–Kier alpha value is -1.80. The van der Waals surface area contributed by atoms with Crippen molar-refractivity contribution >= 4 is 45.9 Å². The summed E-state index contributed by atoms with van der Waals surface area (Å²) in [7, 11) is 1.95. The Labute approximate surface area is 152 Å². The zero-order chi connectivity index (χ0) is 16.2. The van der Waals surface area contributed by atoms with Crippen molar-refractivity contribution in [2.75, 3.05) is 5.32 Å². The Morgan fingerprint density at radius 1 is 1.22 bits per heavy atom. The highest BCUT2D eigenvalue weighted by atomic mass is 127. The maximum absolute atomic E-state index is 12.4. The van der Waals surface area contributed by atoms with E-state index in [4.69, 9.17) is 0 Å². The molecule has 1 N–H and O–H groups in total. The number of nitrogens with one attached hydrogen (secondary N) is 1. The standard InChI is InChI=1S/C17H14IN3OS/c1-21-10-9-19-17(21)23-15-8-3-2-7-14(15)20-16(22)12-5-4-6-13(18)11-12/h2-11H,1H3,(H,20,22). The minimum absolute atomic E-state index is 0.114. The van der Waals surface area contributed by atoms with Gasteiger partial charge in [0.15, 0.2) is 5.16 Å². The molecule has 3 rings (SSSR count). The molecule has 0 aliphatic carbocycles. The fourth-order valence-corrected chi connectivity index (χ4v) is 3.47. The molecule has 116 valence electrons. The summed E-state index contributed by atoms with van der Waals surface area (Å²) in [5.41, 5.74) is 1.43. The quantitative estimate of drug-likeness (QED) is 0.617. The zero-order valence-corrected chi connectivity index (χ0v) is 15.3. The average Bonchev–Trinajstić information content (AvgIpc) is 2.94. The number of aromatic nitrogens is 2. The third kappa shape index (κ3) is 3.94. The summed E-state index contributed by atoms with van der Waals surface area (Å²) >= 11 is 3.72. The SMILES string of the molecule is Cn1ccnc1Sc1ccccc1NC(=O)c1cccc(I)c1. The normalized spacial score (nSPS) is 10.5. The van der Waals surface area contributed by atoms with E-state index in [0.29, 0.717) is 5.56 Å². The summed E-state index contributed by atoms with van der Waals surface area (Å²) in [5.74, 6) is -0.114. The van der Waals surface area contributed by atoms with Gasteiger partial charge in [-0.2, -0.15) is 0 Å². The first-order valence-corrected chi connectivity index (χ1v) is 8.84. The lowest BCUT2D eigenvalue weighted by atomic mass is 10.2. The number of halogens is 1. The molecule has 0 spiro atoms. The van der Waals surface area contributed by atoms with Gasteiger partial charge in [-0.15, -0.1) is 0 Å². The number of imidazole rings is 1. The first-order chi connectivity index (χ1) is 11.1. The first kappa shape index (κ1) is 16.1. The second-order valence-electron chi connectivity index (χ2n) is 4.88. The van der Waals surface area contributed by atoms with Gasteiger partial charge in [-0.3, -0.25) is 4.79 Å². The van der Waals surface area contributed by atoms with Gasteiger partial charge in [0.25, 0.3) is 5.91 Å². The van der Waals surface area contributed by atoms with E-state index in [1.807, 2.05) is 66.3 Å². The fraction of sp³-hybridized carbons (Fsp3) is 0.0588. The molecule has 23 heavy (non-hydrogen) atoms. The molecule has 6 heteroatoms. The summed E-state index contributed by atoms with van der Waals surface area (Å²) in [4.78, 5) is 17.7. The predicted molar refractivity (Wildman–Crippen MR) is 101 cm³/mol. The molecular weight excluding hydrogens is 421 g/mol. The first-order valence-electron chi connectivity index (χ1n) is 6.94. The Bertz CT molecular complexity index is 847. The number of hydrogen-bond acceptors (Lipinski definition) is 3. The van der Waals surface area contributed by atoms with Gasteiger partial charge < -0.3 is 9.88 Å². The highest BCUT2D eigenvalue weighted by Crippen LogP contribution is 2.32. The number of para-hydroxylation sites is 1. The second-order valence-corrected chi connectivity index (χ2v) is 7.14. The number of nitrogens with zero attached hydrogens (tertiary/aromatic N) is 2. The lowest BCUT2D eigenvalue weighted by molar-refractivity contribution is 0.102. The van der Waals surface area contributed by atoms with E-state index in [-0.39, 0.29) is 5.91 Å². The molecule has 0 bridgehead atoms. The van der Waals surface area contributed by atoms with E-state index < -0.39 is 0 Å². The van der Waals surface area contributed by atoms with Crippen LogP contribution in [0.1, 0.15) is 10.4 Å². The maximum Gasteiger partial charge on any atom is 0.255 e. The Morgan fingerprint density at radius 2 is 2.04 bits per heavy atom. The van der Waals surface area contributed by atoms with Crippen LogP contribution in [0.4, 0.5) is 5.69 Å². The molecule has 1 heterocycles. The van der Waals surface area contributed by atoms with Crippen LogP contribution in [0.2, 0.25) is 0 Å². The number of anilines is 1. The van der Waals surface area contributed by atoms with Gasteiger partial charge in [-0.1, -0.05) is 18.2 Å². The number of benzene rings is 2. The summed E-state index contributed by atoms with van der Waals surface area (Å²) in [5, 5.41) is 3.86. The highest BCUT2D eigenvalue weighted by molar-refractivity contribution is 14.1. The van der Waals surface area contributed by atoms with E-state index in [0.717, 1.165) is 19.3 Å². The number of amides is 1. The summed E-state index contributed by atoms with van der Waals surface area (Å²) in [6, 6.07) is 15.3. The van der Waals surface area contributed by atoms with Gasteiger partial charge >= 0.3 is 0 Å². The maximum atomic E-state index is 12.4. The van der Waals surface area contributed by atoms with Crippen molar-refractivity contribution < 1.29 is 4.79 Å². The van der Waals surface area contributed by atoms with E-state index >= 15 is 0 Å². The molecule has 3 aromatic rings. The van der Waals surface area contributed by atoms with E-state index in [2.05, 4.69) is 32.9 Å². The Morgan fingerprint density at radius 3 is 2.78 bits per heavy atom. The number of carbonyl (C=O) groups is 1. The van der Waals surface area contributed by atoms with Gasteiger partial charge in [0.1, 0.15) is 0 Å². The van der Waals surface area contributed by atoms with E-state index in [1.54, 1.807) is 6.20 Å². The van der Waals surface area contributed by atoms with Crippen LogP contribution >= 0.6 is 34.4 Å². The lowest BCUT2D eigenvalue weighted by Gasteiger charge is -2.10. The average molecular weight is 435 g/mol. The highest BCUT2D eigenvalue weighted by Gasteiger charge is 2.11. The molecule has 0 fully saturated rings. The molecule has 4 nitrogen and oxygen atoms in total. The third-order valence-corrected chi connectivity index (χ3v) is 5.02. The van der Waals surface area contributed by atoms with Crippen LogP contribution in [0, 0.1) is 3.57 Å². The van der Waals surface area contributed by atoms with Crippen molar-refractivity contribution in [1.29, 1.82) is 0 Å². The monoisotopic (exact) mass is 435 g/mol. The van der Waals surface area contributed by atoms with Crippen molar-refractivity contribution in [1.82, 2.24) is 9.55 Å². The molecule has 0 aliphatic heterocycles. The molecule has 0 saturated heterocycles. The van der Waals surface area contributed by atoms with Crippen LogP contribution in [-0.2, 0) is 7.05 Å². The van der Waals surface area contributed by atoms with Crippen LogP contribution in [-0.4, -0.2) is 15.5 Å². The fourth-order valence-electron chi connectivity index (χ4n) is 2.03. The van der Waals surface area contributed by atoms with Crippen molar-refractivity contribution in [3.63, 3.8) is 0 Å². The minimum Gasteiger partial charge on any atom is -0.329 e. The third-order valence-electron chi connectivity index (χ3n) is 3.20. The molecule has 1 aromatic heterocycles. The smallest absolute Gasteiger partial charge is 0.255 e. The molecule has 1 amide bonds.